The normalized spacial score (nSPS) is 19.6. The lowest BCUT2D eigenvalue weighted by molar-refractivity contribution is -0.121. The van der Waals surface area contributed by atoms with Crippen LogP contribution in [0.5, 0.6) is 0 Å². The average molecular weight is 374 g/mol. The van der Waals surface area contributed by atoms with Gasteiger partial charge in [0.15, 0.2) is 0 Å². The number of benzene rings is 1. The van der Waals surface area contributed by atoms with Gasteiger partial charge in [-0.1, -0.05) is 53.7 Å². The highest BCUT2D eigenvalue weighted by atomic mass is 35.5. The topological polar surface area (TPSA) is 40.6 Å². The van der Waals surface area contributed by atoms with Crippen molar-refractivity contribution in [1.29, 1.82) is 0 Å². The number of amides is 2. The summed E-state index contributed by atoms with van der Waals surface area (Å²) in [5.41, 5.74) is 0.534. The number of likely N-dealkylation sites (tertiary alicyclic amines) is 1. The Morgan fingerprint density at radius 3 is 2.17 bits per heavy atom. The maximum atomic E-state index is 12.8. The molecule has 0 N–H and O–H groups in total. The molecular weight excluding hydrogens is 359 g/mol. The summed E-state index contributed by atoms with van der Waals surface area (Å²) in [7, 11) is 0. The van der Waals surface area contributed by atoms with Crippen molar-refractivity contribution in [3.63, 3.8) is 0 Å². The second-order valence-corrected chi connectivity index (χ2v) is 6.75. The molecule has 2 heterocycles. The molecule has 2 aliphatic rings. The number of hydrogen-bond donors (Lipinski definition) is 0. The lowest BCUT2D eigenvalue weighted by Crippen LogP contribution is -2.35. The van der Waals surface area contributed by atoms with E-state index in [4.69, 9.17) is 34.8 Å². The molecule has 2 aliphatic heterocycles. The van der Waals surface area contributed by atoms with E-state index in [-0.39, 0.29) is 26.5 Å². The SMILES string of the molecule is O=C1C(Cl)=C(N2CCCCCC2)C(=O)N1c1cccc(Cl)c1Cl. The largest absolute Gasteiger partial charge is 0.366 e. The lowest BCUT2D eigenvalue weighted by atomic mass is 10.2. The van der Waals surface area contributed by atoms with E-state index in [9.17, 15) is 9.59 Å². The second-order valence-electron chi connectivity index (χ2n) is 5.58. The minimum Gasteiger partial charge on any atom is -0.366 e. The van der Waals surface area contributed by atoms with E-state index in [2.05, 4.69) is 0 Å². The van der Waals surface area contributed by atoms with E-state index in [1.165, 1.54) is 0 Å². The van der Waals surface area contributed by atoms with E-state index in [1.807, 2.05) is 4.90 Å². The predicted octanol–water partition coefficient (Wildman–Crippen LogP) is 4.19. The fourth-order valence-corrected chi connectivity index (χ4v) is 3.61. The average Bonchev–Trinajstić information content (AvgIpc) is 2.73. The van der Waals surface area contributed by atoms with Crippen molar-refractivity contribution < 1.29 is 9.59 Å². The third-order valence-corrected chi connectivity index (χ3v) is 5.25. The van der Waals surface area contributed by atoms with Crippen molar-refractivity contribution in [1.82, 2.24) is 4.90 Å². The Balaban J connectivity index is 1.97. The molecule has 1 saturated heterocycles. The Kier molecular flexibility index (Phi) is 4.85. The number of anilines is 1. The number of hydrogen-bond acceptors (Lipinski definition) is 3. The minimum atomic E-state index is -0.555. The molecule has 1 aromatic carbocycles. The summed E-state index contributed by atoms with van der Waals surface area (Å²) in [5, 5.41) is 0.398. The fourth-order valence-electron chi connectivity index (χ4n) is 2.94. The van der Waals surface area contributed by atoms with E-state index >= 15 is 0 Å². The summed E-state index contributed by atoms with van der Waals surface area (Å²) >= 11 is 18.3. The highest BCUT2D eigenvalue weighted by Crippen LogP contribution is 2.38. The van der Waals surface area contributed by atoms with Crippen molar-refractivity contribution in [3.05, 3.63) is 39.0 Å². The molecule has 122 valence electrons. The van der Waals surface area contributed by atoms with Crippen LogP contribution in [0.15, 0.2) is 28.9 Å². The molecule has 0 atom stereocenters. The number of carbonyl (C=O) groups is 2. The van der Waals surface area contributed by atoms with Crippen LogP contribution < -0.4 is 4.90 Å². The smallest absolute Gasteiger partial charge is 0.283 e. The van der Waals surface area contributed by atoms with E-state index in [1.54, 1.807) is 18.2 Å². The first-order chi connectivity index (χ1) is 11.0. The molecular formula is C16H15Cl3N2O2. The van der Waals surface area contributed by atoms with Gasteiger partial charge in [-0.05, 0) is 25.0 Å². The molecule has 2 amide bonds. The summed E-state index contributed by atoms with van der Waals surface area (Å²) in [4.78, 5) is 28.2. The summed E-state index contributed by atoms with van der Waals surface area (Å²) in [5.74, 6) is -0.994. The molecule has 0 unspecified atom stereocenters. The van der Waals surface area contributed by atoms with Crippen LogP contribution in [0.2, 0.25) is 10.0 Å². The molecule has 0 aromatic heterocycles. The van der Waals surface area contributed by atoms with Gasteiger partial charge in [0.25, 0.3) is 11.8 Å². The van der Waals surface area contributed by atoms with Crippen molar-refractivity contribution in [3.8, 4) is 0 Å². The van der Waals surface area contributed by atoms with Crippen LogP contribution in [0.25, 0.3) is 0 Å². The zero-order valence-electron chi connectivity index (χ0n) is 12.3. The summed E-state index contributed by atoms with van der Waals surface area (Å²) in [6.45, 7) is 1.45. The molecule has 4 nitrogen and oxygen atoms in total. The van der Waals surface area contributed by atoms with Crippen LogP contribution in [0.3, 0.4) is 0 Å². The van der Waals surface area contributed by atoms with Crippen molar-refractivity contribution >= 4 is 52.3 Å². The van der Waals surface area contributed by atoms with Crippen LogP contribution in [-0.4, -0.2) is 29.8 Å². The Morgan fingerprint density at radius 1 is 0.870 bits per heavy atom. The van der Waals surface area contributed by atoms with Gasteiger partial charge < -0.3 is 4.90 Å². The van der Waals surface area contributed by atoms with Gasteiger partial charge in [-0.2, -0.15) is 0 Å². The van der Waals surface area contributed by atoms with Gasteiger partial charge in [-0.25, -0.2) is 4.90 Å². The molecule has 1 fully saturated rings. The lowest BCUT2D eigenvalue weighted by Gasteiger charge is -2.24. The molecule has 0 saturated carbocycles. The third-order valence-electron chi connectivity index (χ3n) is 4.10. The Bertz CT molecular complexity index is 695. The zero-order valence-corrected chi connectivity index (χ0v) is 14.6. The maximum Gasteiger partial charge on any atom is 0.283 e. The molecule has 0 spiro atoms. The van der Waals surface area contributed by atoms with Crippen LogP contribution in [0.1, 0.15) is 25.7 Å². The van der Waals surface area contributed by atoms with Gasteiger partial charge in [-0.15, -0.1) is 0 Å². The fraction of sp³-hybridized carbons (Fsp3) is 0.375. The van der Waals surface area contributed by atoms with Crippen LogP contribution in [-0.2, 0) is 9.59 Å². The zero-order chi connectivity index (χ0) is 16.6. The van der Waals surface area contributed by atoms with Crippen LogP contribution in [0.4, 0.5) is 5.69 Å². The second kappa shape index (κ2) is 6.71. The predicted molar refractivity (Wildman–Crippen MR) is 91.9 cm³/mol. The molecule has 3 rings (SSSR count). The molecule has 1 aromatic rings. The van der Waals surface area contributed by atoms with E-state index in [0.29, 0.717) is 0 Å². The van der Waals surface area contributed by atoms with Gasteiger partial charge in [0.2, 0.25) is 0 Å². The minimum absolute atomic E-state index is 0.0482. The van der Waals surface area contributed by atoms with Crippen LogP contribution in [0, 0.1) is 0 Å². The van der Waals surface area contributed by atoms with E-state index in [0.717, 1.165) is 43.7 Å². The standard InChI is InChI=1S/C16H15Cl3N2O2/c17-10-6-5-7-11(12(10)18)21-15(22)13(19)14(16(21)23)20-8-3-1-2-4-9-20/h5-7H,1-4,8-9H2. The first kappa shape index (κ1) is 16.6. The van der Waals surface area contributed by atoms with Gasteiger partial charge in [0.05, 0.1) is 15.7 Å². The summed E-state index contributed by atoms with van der Waals surface area (Å²) in [6.07, 6.45) is 4.20. The Morgan fingerprint density at radius 2 is 1.52 bits per heavy atom. The van der Waals surface area contributed by atoms with Gasteiger partial charge >= 0.3 is 0 Å². The molecule has 23 heavy (non-hydrogen) atoms. The quantitative estimate of drug-likeness (QED) is 0.730. The van der Waals surface area contributed by atoms with Crippen LogP contribution >= 0.6 is 34.8 Å². The first-order valence-electron chi connectivity index (χ1n) is 7.50. The highest BCUT2D eigenvalue weighted by Gasteiger charge is 2.42. The number of nitrogens with zero attached hydrogens (tertiary/aromatic N) is 2. The van der Waals surface area contributed by atoms with Gasteiger partial charge in [0, 0.05) is 13.1 Å². The first-order valence-corrected chi connectivity index (χ1v) is 8.63. The summed E-state index contributed by atoms with van der Waals surface area (Å²) in [6, 6.07) is 4.82. The number of halogens is 3. The third kappa shape index (κ3) is 2.95. The van der Waals surface area contributed by atoms with Crippen molar-refractivity contribution in [2.24, 2.45) is 0 Å². The van der Waals surface area contributed by atoms with Crippen molar-refractivity contribution in [2.45, 2.75) is 25.7 Å². The maximum absolute atomic E-state index is 12.8. The molecule has 7 heteroatoms. The Labute approximate surface area is 149 Å². The molecule has 0 bridgehead atoms. The summed E-state index contributed by atoms with van der Waals surface area (Å²) < 4.78 is 0. The number of rotatable bonds is 2. The van der Waals surface area contributed by atoms with Gasteiger partial charge in [0.1, 0.15) is 10.7 Å². The highest BCUT2D eigenvalue weighted by molar-refractivity contribution is 6.54. The number of imide groups is 1. The molecule has 0 aliphatic carbocycles. The number of carbonyl (C=O) groups excluding carboxylic acids is 2. The van der Waals surface area contributed by atoms with E-state index < -0.39 is 11.8 Å². The Hall–Kier alpha value is -1.23. The van der Waals surface area contributed by atoms with Gasteiger partial charge in [-0.3, -0.25) is 9.59 Å². The molecule has 0 radical (unpaired) electrons. The monoisotopic (exact) mass is 372 g/mol. The van der Waals surface area contributed by atoms with Crippen molar-refractivity contribution in [2.75, 3.05) is 18.0 Å².